The molecule has 1 atom stereocenters. The van der Waals surface area contributed by atoms with Gasteiger partial charge >= 0.3 is 0 Å². The predicted octanol–water partition coefficient (Wildman–Crippen LogP) is 0.361. The summed E-state index contributed by atoms with van der Waals surface area (Å²) in [4.78, 5) is 5.04. The number of rotatable bonds is 3. The summed E-state index contributed by atoms with van der Waals surface area (Å²) in [5.74, 6) is 0.996. The number of nitrogens with zero attached hydrogens (tertiary/aromatic N) is 2. The normalized spacial score (nSPS) is 31.7. The zero-order chi connectivity index (χ0) is 9.97. The van der Waals surface area contributed by atoms with Gasteiger partial charge in [0, 0.05) is 38.8 Å². The third kappa shape index (κ3) is 2.94. The lowest BCUT2D eigenvalue weighted by molar-refractivity contribution is 0.255. The van der Waals surface area contributed by atoms with Crippen molar-refractivity contribution in [3.8, 4) is 0 Å². The summed E-state index contributed by atoms with van der Waals surface area (Å²) < 4.78 is 0. The lowest BCUT2D eigenvalue weighted by Crippen LogP contribution is -2.40. The number of nitrogens with two attached hydrogens (primary N) is 1. The molecule has 0 aromatic rings. The second-order valence-electron chi connectivity index (χ2n) is 4.86. The molecule has 0 radical (unpaired) electrons. The van der Waals surface area contributed by atoms with E-state index in [1.807, 2.05) is 0 Å². The molecule has 1 heterocycles. The molecule has 82 valence electrons. The molecular weight excluding hydrogens is 174 g/mol. The summed E-state index contributed by atoms with van der Waals surface area (Å²) in [6.07, 6.45) is 2.90. The quantitative estimate of drug-likeness (QED) is 0.709. The van der Waals surface area contributed by atoms with E-state index in [0.717, 1.165) is 25.6 Å². The number of hydrogen-bond donors (Lipinski definition) is 1. The van der Waals surface area contributed by atoms with Gasteiger partial charge in [-0.2, -0.15) is 0 Å². The summed E-state index contributed by atoms with van der Waals surface area (Å²) in [6, 6.07) is 0.358. The molecule has 1 saturated heterocycles. The first-order chi connectivity index (χ1) is 6.78. The van der Waals surface area contributed by atoms with Crippen LogP contribution in [0.5, 0.6) is 0 Å². The Morgan fingerprint density at radius 3 is 2.43 bits per heavy atom. The SMILES string of the molecule is CCN1CCN(CC2CC2)C[C@H](N)C1. The van der Waals surface area contributed by atoms with Crippen LogP contribution >= 0.6 is 0 Å². The minimum absolute atomic E-state index is 0.358. The molecule has 1 aliphatic carbocycles. The Bertz CT molecular complexity index is 179. The minimum Gasteiger partial charge on any atom is -0.325 e. The van der Waals surface area contributed by atoms with E-state index < -0.39 is 0 Å². The average molecular weight is 197 g/mol. The number of hydrogen-bond acceptors (Lipinski definition) is 3. The molecule has 0 amide bonds. The van der Waals surface area contributed by atoms with Crippen molar-refractivity contribution in [3.05, 3.63) is 0 Å². The van der Waals surface area contributed by atoms with Gasteiger partial charge in [-0.25, -0.2) is 0 Å². The highest BCUT2D eigenvalue weighted by molar-refractivity contribution is 4.83. The van der Waals surface area contributed by atoms with E-state index in [-0.39, 0.29) is 0 Å². The monoisotopic (exact) mass is 197 g/mol. The highest BCUT2D eigenvalue weighted by Crippen LogP contribution is 2.29. The fourth-order valence-electron chi connectivity index (χ4n) is 2.31. The Labute approximate surface area is 87.2 Å². The van der Waals surface area contributed by atoms with Crippen LogP contribution in [0.4, 0.5) is 0 Å². The van der Waals surface area contributed by atoms with E-state index in [1.165, 1.54) is 32.5 Å². The Kier molecular flexibility index (Phi) is 3.42. The molecule has 0 bridgehead atoms. The van der Waals surface area contributed by atoms with Gasteiger partial charge < -0.3 is 15.5 Å². The molecule has 0 aromatic heterocycles. The van der Waals surface area contributed by atoms with Crippen LogP contribution in [0.2, 0.25) is 0 Å². The maximum atomic E-state index is 6.10. The van der Waals surface area contributed by atoms with E-state index in [9.17, 15) is 0 Å². The lowest BCUT2D eigenvalue weighted by atomic mass is 10.2. The van der Waals surface area contributed by atoms with Gasteiger partial charge in [-0.05, 0) is 25.3 Å². The molecule has 2 rings (SSSR count). The molecule has 1 saturated carbocycles. The minimum atomic E-state index is 0.358. The first kappa shape index (κ1) is 10.4. The van der Waals surface area contributed by atoms with Gasteiger partial charge in [0.2, 0.25) is 0 Å². The molecule has 3 nitrogen and oxygen atoms in total. The third-order valence-electron chi connectivity index (χ3n) is 3.38. The second-order valence-corrected chi connectivity index (χ2v) is 4.86. The second kappa shape index (κ2) is 4.60. The van der Waals surface area contributed by atoms with Crippen molar-refractivity contribution in [2.45, 2.75) is 25.8 Å². The highest BCUT2D eigenvalue weighted by atomic mass is 15.2. The van der Waals surface area contributed by atoms with Gasteiger partial charge in [-0.1, -0.05) is 6.92 Å². The van der Waals surface area contributed by atoms with Crippen LogP contribution in [0.3, 0.4) is 0 Å². The highest BCUT2D eigenvalue weighted by Gasteiger charge is 2.26. The first-order valence-corrected chi connectivity index (χ1v) is 5.98. The maximum Gasteiger partial charge on any atom is 0.0297 e. The molecule has 3 heteroatoms. The van der Waals surface area contributed by atoms with E-state index in [2.05, 4.69) is 16.7 Å². The van der Waals surface area contributed by atoms with Crippen LogP contribution in [0.1, 0.15) is 19.8 Å². The lowest BCUT2D eigenvalue weighted by Gasteiger charge is -2.21. The summed E-state index contributed by atoms with van der Waals surface area (Å²) in [5, 5.41) is 0. The fraction of sp³-hybridized carbons (Fsp3) is 1.00. The molecule has 0 aromatic carbocycles. The van der Waals surface area contributed by atoms with Crippen LogP contribution in [0.15, 0.2) is 0 Å². The van der Waals surface area contributed by atoms with Crippen LogP contribution in [0, 0.1) is 5.92 Å². The van der Waals surface area contributed by atoms with E-state index in [4.69, 9.17) is 5.73 Å². The van der Waals surface area contributed by atoms with E-state index >= 15 is 0 Å². The van der Waals surface area contributed by atoms with Crippen LogP contribution < -0.4 is 5.73 Å². The summed E-state index contributed by atoms with van der Waals surface area (Å²) in [6.45, 7) is 9.28. The van der Waals surface area contributed by atoms with Crippen LogP contribution in [0.25, 0.3) is 0 Å². The first-order valence-electron chi connectivity index (χ1n) is 5.98. The van der Waals surface area contributed by atoms with Crippen molar-refractivity contribution in [1.82, 2.24) is 9.80 Å². The zero-order valence-corrected chi connectivity index (χ0v) is 9.28. The molecule has 2 fully saturated rings. The molecule has 1 aliphatic heterocycles. The molecular formula is C11H23N3. The summed E-state index contributed by atoms with van der Waals surface area (Å²) in [7, 11) is 0. The van der Waals surface area contributed by atoms with Gasteiger partial charge in [0.15, 0.2) is 0 Å². The molecule has 2 N–H and O–H groups in total. The van der Waals surface area contributed by atoms with Gasteiger partial charge in [-0.3, -0.25) is 0 Å². The van der Waals surface area contributed by atoms with Crippen molar-refractivity contribution in [2.75, 3.05) is 39.3 Å². The third-order valence-corrected chi connectivity index (χ3v) is 3.38. The van der Waals surface area contributed by atoms with Gasteiger partial charge in [0.05, 0.1) is 0 Å². The van der Waals surface area contributed by atoms with Crippen LogP contribution in [-0.2, 0) is 0 Å². The topological polar surface area (TPSA) is 32.5 Å². The number of likely N-dealkylation sites (N-methyl/N-ethyl adjacent to an activating group) is 1. The van der Waals surface area contributed by atoms with Gasteiger partial charge in [0.1, 0.15) is 0 Å². The fourth-order valence-corrected chi connectivity index (χ4v) is 2.31. The van der Waals surface area contributed by atoms with Gasteiger partial charge in [-0.15, -0.1) is 0 Å². The Morgan fingerprint density at radius 2 is 1.79 bits per heavy atom. The van der Waals surface area contributed by atoms with Gasteiger partial charge in [0.25, 0.3) is 0 Å². The maximum absolute atomic E-state index is 6.10. The average Bonchev–Trinajstić information content (AvgIpc) is 2.95. The van der Waals surface area contributed by atoms with Crippen molar-refractivity contribution >= 4 is 0 Å². The largest absolute Gasteiger partial charge is 0.325 e. The zero-order valence-electron chi connectivity index (χ0n) is 9.28. The summed E-state index contributed by atoms with van der Waals surface area (Å²) >= 11 is 0. The van der Waals surface area contributed by atoms with Crippen molar-refractivity contribution in [3.63, 3.8) is 0 Å². The Balaban J connectivity index is 1.81. The molecule has 0 unspecified atom stereocenters. The van der Waals surface area contributed by atoms with E-state index in [0.29, 0.717) is 6.04 Å². The van der Waals surface area contributed by atoms with E-state index in [1.54, 1.807) is 0 Å². The van der Waals surface area contributed by atoms with Crippen molar-refractivity contribution < 1.29 is 0 Å². The molecule has 2 aliphatic rings. The Morgan fingerprint density at radius 1 is 1.14 bits per heavy atom. The van der Waals surface area contributed by atoms with Crippen molar-refractivity contribution in [2.24, 2.45) is 11.7 Å². The smallest absolute Gasteiger partial charge is 0.0297 e. The summed E-state index contributed by atoms with van der Waals surface area (Å²) in [5.41, 5.74) is 6.10. The molecule has 0 spiro atoms. The van der Waals surface area contributed by atoms with Crippen molar-refractivity contribution in [1.29, 1.82) is 0 Å². The van der Waals surface area contributed by atoms with Crippen LogP contribution in [-0.4, -0.2) is 55.1 Å². The molecule has 14 heavy (non-hydrogen) atoms. The Hall–Kier alpha value is -0.120. The standard InChI is InChI=1S/C11H23N3/c1-2-13-5-6-14(7-10-3-4-10)9-11(12)8-13/h10-11H,2-9,12H2,1H3/t11-/m1/s1. The predicted molar refractivity (Wildman–Crippen MR) is 59.3 cm³/mol.